The van der Waals surface area contributed by atoms with Crippen LogP contribution in [0.15, 0.2) is 36.4 Å². The van der Waals surface area contributed by atoms with E-state index in [4.69, 9.17) is 0 Å². The molecule has 0 aliphatic rings. The number of aryl methyl sites for hydroxylation is 2. The van der Waals surface area contributed by atoms with Gasteiger partial charge in [-0.3, -0.25) is 9.59 Å². The third kappa shape index (κ3) is 11.4. The van der Waals surface area contributed by atoms with Crippen molar-refractivity contribution in [3.8, 4) is 11.5 Å². The molecule has 0 amide bonds. The number of phenols is 2. The van der Waals surface area contributed by atoms with Crippen LogP contribution < -0.4 is 0 Å². The summed E-state index contributed by atoms with van der Waals surface area (Å²) < 4.78 is 0. The molecule has 2 N–H and O–H groups in total. The first-order valence-corrected chi connectivity index (χ1v) is 14.0. The van der Waals surface area contributed by atoms with Crippen LogP contribution in [-0.4, -0.2) is 21.8 Å². The van der Waals surface area contributed by atoms with Gasteiger partial charge in [0.1, 0.15) is 11.5 Å². The molecule has 2 aromatic rings. The second-order valence-electron chi connectivity index (χ2n) is 10.3. The summed E-state index contributed by atoms with van der Waals surface area (Å²) in [5.41, 5.74) is 2.93. The summed E-state index contributed by atoms with van der Waals surface area (Å²) in [6, 6.07) is 10.4. The molecule has 0 saturated heterocycles. The van der Waals surface area contributed by atoms with E-state index in [9.17, 15) is 19.8 Å². The molecule has 0 bridgehead atoms. The van der Waals surface area contributed by atoms with Gasteiger partial charge in [-0.1, -0.05) is 100 Å². The van der Waals surface area contributed by atoms with Crippen molar-refractivity contribution in [2.75, 3.05) is 0 Å². The van der Waals surface area contributed by atoms with Gasteiger partial charge in [-0.05, 0) is 51.0 Å². The summed E-state index contributed by atoms with van der Waals surface area (Å²) in [4.78, 5) is 24.5. The van der Waals surface area contributed by atoms with E-state index in [1.165, 1.54) is 64.2 Å². The Morgan fingerprint density at radius 3 is 1.08 bits per heavy atom. The first kappa shape index (κ1) is 29.6. The molecule has 198 valence electrons. The van der Waals surface area contributed by atoms with Gasteiger partial charge in [0.15, 0.2) is 11.6 Å². The van der Waals surface area contributed by atoms with E-state index < -0.39 is 0 Å². The Morgan fingerprint density at radius 2 is 0.778 bits per heavy atom. The van der Waals surface area contributed by atoms with E-state index in [0.717, 1.165) is 36.8 Å². The summed E-state index contributed by atoms with van der Waals surface area (Å²) in [6.07, 6.45) is 17.6. The number of aromatic hydroxyl groups is 2. The van der Waals surface area contributed by atoms with Crippen molar-refractivity contribution in [3.05, 3.63) is 58.7 Å². The predicted molar refractivity (Wildman–Crippen MR) is 148 cm³/mol. The zero-order valence-corrected chi connectivity index (χ0v) is 22.5. The topological polar surface area (TPSA) is 74.6 Å². The minimum Gasteiger partial charge on any atom is -0.507 e. The highest BCUT2D eigenvalue weighted by Crippen LogP contribution is 2.22. The Balaban J connectivity index is 1.35. The van der Waals surface area contributed by atoms with E-state index in [1.54, 1.807) is 24.3 Å². The van der Waals surface area contributed by atoms with Crippen LogP contribution in [0.1, 0.15) is 135 Å². The number of carbonyl (C=O) groups excluding carboxylic acids is 2. The zero-order chi connectivity index (χ0) is 26.2. The van der Waals surface area contributed by atoms with Crippen LogP contribution in [0.4, 0.5) is 0 Å². The number of carbonyl (C=O) groups is 2. The second-order valence-corrected chi connectivity index (χ2v) is 10.3. The smallest absolute Gasteiger partial charge is 0.166 e. The van der Waals surface area contributed by atoms with Crippen LogP contribution in [0.5, 0.6) is 11.5 Å². The van der Waals surface area contributed by atoms with Crippen LogP contribution in [0, 0.1) is 13.8 Å². The Morgan fingerprint density at radius 1 is 0.500 bits per heavy atom. The molecule has 0 fully saturated rings. The number of phenolic OH excluding ortho intramolecular Hbond substituents is 2. The average molecular weight is 495 g/mol. The molecule has 4 nitrogen and oxygen atoms in total. The number of hydrogen-bond donors (Lipinski definition) is 2. The van der Waals surface area contributed by atoms with Crippen molar-refractivity contribution in [1.82, 2.24) is 0 Å². The maximum absolute atomic E-state index is 12.3. The Hall–Kier alpha value is -2.62. The summed E-state index contributed by atoms with van der Waals surface area (Å²) in [5, 5.41) is 19.7. The van der Waals surface area contributed by atoms with Crippen molar-refractivity contribution in [2.45, 2.75) is 117 Å². The molecular formula is C32H46O4. The predicted octanol–water partition coefficient (Wildman–Crippen LogP) is 9.02. The van der Waals surface area contributed by atoms with Gasteiger partial charge in [0.25, 0.3) is 0 Å². The molecule has 4 heteroatoms. The van der Waals surface area contributed by atoms with E-state index >= 15 is 0 Å². The molecule has 0 unspecified atom stereocenters. The van der Waals surface area contributed by atoms with Crippen LogP contribution >= 0.6 is 0 Å². The van der Waals surface area contributed by atoms with Gasteiger partial charge in [0, 0.05) is 12.8 Å². The molecule has 0 saturated carbocycles. The van der Waals surface area contributed by atoms with E-state index in [2.05, 4.69) is 0 Å². The minimum atomic E-state index is 0.0484. The van der Waals surface area contributed by atoms with Crippen molar-refractivity contribution >= 4 is 11.6 Å². The number of Topliss-reactive ketones (excluding diaryl/α,β-unsaturated/α-hetero) is 2. The van der Waals surface area contributed by atoms with Crippen LogP contribution in [0.3, 0.4) is 0 Å². The molecule has 2 aromatic carbocycles. The first-order valence-electron chi connectivity index (χ1n) is 14.0. The Kier molecular flexibility index (Phi) is 13.9. The fraction of sp³-hybridized carbons (Fsp3) is 0.562. The molecule has 0 aromatic heterocycles. The number of benzene rings is 2. The van der Waals surface area contributed by atoms with Gasteiger partial charge in [-0.15, -0.1) is 0 Å². The number of ketones is 2. The molecule has 0 aliphatic heterocycles. The fourth-order valence-electron chi connectivity index (χ4n) is 4.71. The third-order valence-electron chi connectivity index (χ3n) is 6.96. The Bertz CT molecular complexity index is 870. The molecule has 0 heterocycles. The van der Waals surface area contributed by atoms with E-state index in [0.29, 0.717) is 24.0 Å². The largest absolute Gasteiger partial charge is 0.507 e. The molecule has 0 radical (unpaired) electrons. The van der Waals surface area contributed by atoms with Crippen LogP contribution in [-0.2, 0) is 0 Å². The highest BCUT2D eigenvalue weighted by atomic mass is 16.3. The lowest BCUT2D eigenvalue weighted by molar-refractivity contribution is 0.0968. The normalized spacial score (nSPS) is 11.1. The minimum absolute atomic E-state index is 0.0484. The molecule has 0 aliphatic carbocycles. The fourth-order valence-corrected chi connectivity index (χ4v) is 4.71. The van der Waals surface area contributed by atoms with Crippen LogP contribution in [0.25, 0.3) is 0 Å². The van der Waals surface area contributed by atoms with Crippen molar-refractivity contribution in [2.24, 2.45) is 0 Å². The Labute approximate surface area is 218 Å². The second kappa shape index (κ2) is 16.9. The van der Waals surface area contributed by atoms with Gasteiger partial charge >= 0.3 is 0 Å². The summed E-state index contributed by atoms with van der Waals surface area (Å²) >= 11 is 0. The van der Waals surface area contributed by atoms with Crippen molar-refractivity contribution in [1.29, 1.82) is 0 Å². The lowest BCUT2D eigenvalue weighted by Crippen LogP contribution is -2.00. The van der Waals surface area contributed by atoms with Gasteiger partial charge in [0.05, 0.1) is 11.1 Å². The third-order valence-corrected chi connectivity index (χ3v) is 6.96. The number of unbranched alkanes of at least 4 members (excludes halogenated alkanes) is 13. The highest BCUT2D eigenvalue weighted by molar-refractivity contribution is 5.99. The molecule has 36 heavy (non-hydrogen) atoms. The average Bonchev–Trinajstić information content (AvgIpc) is 2.86. The maximum atomic E-state index is 12.3. The molecule has 0 spiro atoms. The summed E-state index contributed by atoms with van der Waals surface area (Å²) in [7, 11) is 0. The standard InChI is InChI=1S/C32H46O4/c1-25-19-21-31(35)27(23-25)29(33)17-15-13-11-9-7-5-3-4-6-8-10-12-14-16-18-30(34)28-24-26(2)20-22-32(28)36/h19-24,35-36H,3-18H2,1-2H3. The monoisotopic (exact) mass is 494 g/mol. The number of rotatable bonds is 19. The number of hydrogen-bond acceptors (Lipinski definition) is 4. The van der Waals surface area contributed by atoms with Crippen molar-refractivity contribution in [3.63, 3.8) is 0 Å². The van der Waals surface area contributed by atoms with Crippen molar-refractivity contribution < 1.29 is 19.8 Å². The van der Waals surface area contributed by atoms with E-state index in [-0.39, 0.29) is 23.1 Å². The maximum Gasteiger partial charge on any atom is 0.166 e. The molecule has 2 rings (SSSR count). The molecular weight excluding hydrogens is 448 g/mol. The first-order chi connectivity index (χ1) is 17.4. The van der Waals surface area contributed by atoms with Gasteiger partial charge in [-0.2, -0.15) is 0 Å². The van der Waals surface area contributed by atoms with Gasteiger partial charge in [0.2, 0.25) is 0 Å². The lowest BCUT2D eigenvalue weighted by Gasteiger charge is -2.06. The van der Waals surface area contributed by atoms with Crippen LogP contribution in [0.2, 0.25) is 0 Å². The SMILES string of the molecule is Cc1ccc(O)c(C(=O)CCCCCCCCCCCCCCCCC(=O)c2cc(C)ccc2O)c1. The van der Waals surface area contributed by atoms with Gasteiger partial charge in [-0.25, -0.2) is 0 Å². The van der Waals surface area contributed by atoms with E-state index in [1.807, 2.05) is 26.0 Å². The quantitative estimate of drug-likeness (QED) is 0.151. The zero-order valence-electron chi connectivity index (χ0n) is 22.5. The van der Waals surface area contributed by atoms with Gasteiger partial charge < -0.3 is 10.2 Å². The summed E-state index contributed by atoms with van der Waals surface area (Å²) in [6.45, 7) is 3.87. The molecule has 0 atom stereocenters. The lowest BCUT2D eigenvalue weighted by atomic mass is 10.00. The summed E-state index contributed by atoms with van der Waals surface area (Å²) in [5.74, 6) is 0.287. The highest BCUT2D eigenvalue weighted by Gasteiger charge is 2.11.